The van der Waals surface area contributed by atoms with Crippen LogP contribution in [0.2, 0.25) is 0 Å². The molecule has 2 N–H and O–H groups in total. The number of hydrogen-bond donors (Lipinski definition) is 2. The molecular formula is C12H14N4O2S. The van der Waals surface area contributed by atoms with Gasteiger partial charge in [0, 0.05) is 6.42 Å². The van der Waals surface area contributed by atoms with Gasteiger partial charge in [0.05, 0.1) is 13.3 Å². The summed E-state index contributed by atoms with van der Waals surface area (Å²) in [6.07, 6.45) is 2.32. The summed E-state index contributed by atoms with van der Waals surface area (Å²) in [5.41, 5.74) is 0.739. The Morgan fingerprint density at radius 2 is 2.37 bits per heavy atom. The number of aromatic nitrogens is 3. The van der Waals surface area contributed by atoms with Gasteiger partial charge in [-0.2, -0.15) is 14.9 Å². The number of nitrogens with one attached hydrogen (secondary N) is 1. The monoisotopic (exact) mass is 278 g/mol. The number of aromatic hydroxyl groups is 1. The molecule has 0 aliphatic heterocycles. The number of aryl methyl sites for hydroxylation is 1. The lowest BCUT2D eigenvalue weighted by Gasteiger charge is -2.03. The van der Waals surface area contributed by atoms with Crippen LogP contribution in [0.15, 0.2) is 23.3 Å². The van der Waals surface area contributed by atoms with E-state index in [4.69, 9.17) is 17.0 Å². The van der Waals surface area contributed by atoms with Gasteiger partial charge in [-0.3, -0.25) is 5.10 Å². The van der Waals surface area contributed by atoms with E-state index in [1.54, 1.807) is 29.1 Å². The van der Waals surface area contributed by atoms with Gasteiger partial charge in [-0.05, 0) is 36.0 Å². The van der Waals surface area contributed by atoms with E-state index < -0.39 is 0 Å². The van der Waals surface area contributed by atoms with E-state index >= 15 is 0 Å². The van der Waals surface area contributed by atoms with E-state index in [0.717, 1.165) is 17.8 Å². The zero-order chi connectivity index (χ0) is 13.8. The molecule has 0 radical (unpaired) electrons. The molecule has 0 saturated carbocycles. The van der Waals surface area contributed by atoms with E-state index in [1.165, 1.54) is 7.11 Å². The van der Waals surface area contributed by atoms with Gasteiger partial charge in [0.25, 0.3) is 0 Å². The first-order chi connectivity index (χ1) is 9.15. The molecule has 0 fully saturated rings. The molecule has 0 atom stereocenters. The lowest BCUT2D eigenvalue weighted by molar-refractivity contribution is 0.373. The summed E-state index contributed by atoms with van der Waals surface area (Å²) < 4.78 is 6.96. The zero-order valence-electron chi connectivity index (χ0n) is 10.6. The molecule has 2 rings (SSSR count). The quantitative estimate of drug-likeness (QED) is 0.663. The fourth-order valence-electron chi connectivity index (χ4n) is 1.58. The number of methoxy groups -OCH3 is 1. The fraction of sp³-hybridized carbons (Fsp3) is 0.250. The maximum absolute atomic E-state index is 9.67. The van der Waals surface area contributed by atoms with Gasteiger partial charge >= 0.3 is 0 Å². The second kappa shape index (κ2) is 5.66. The first-order valence-electron chi connectivity index (χ1n) is 5.73. The molecule has 1 heterocycles. The first kappa shape index (κ1) is 13.3. The molecule has 0 aliphatic carbocycles. The smallest absolute Gasteiger partial charge is 0.216 e. The Hall–Kier alpha value is -2.15. The number of nitrogens with zero attached hydrogens (tertiary/aromatic N) is 3. The number of rotatable bonds is 4. The fourth-order valence-corrected chi connectivity index (χ4v) is 1.78. The van der Waals surface area contributed by atoms with Crippen molar-refractivity contribution in [1.29, 1.82) is 0 Å². The summed E-state index contributed by atoms with van der Waals surface area (Å²) in [6.45, 7) is 1.97. The van der Waals surface area contributed by atoms with Crippen molar-refractivity contribution < 1.29 is 9.84 Å². The van der Waals surface area contributed by atoms with E-state index in [-0.39, 0.29) is 5.75 Å². The van der Waals surface area contributed by atoms with Crippen molar-refractivity contribution >= 4 is 18.4 Å². The van der Waals surface area contributed by atoms with Gasteiger partial charge < -0.3 is 9.84 Å². The maximum atomic E-state index is 9.67. The Morgan fingerprint density at radius 1 is 1.58 bits per heavy atom. The second-order valence-electron chi connectivity index (χ2n) is 3.79. The Labute approximate surface area is 115 Å². The first-order valence-corrected chi connectivity index (χ1v) is 6.14. The van der Waals surface area contributed by atoms with Crippen molar-refractivity contribution in [3.05, 3.63) is 34.4 Å². The van der Waals surface area contributed by atoms with Crippen LogP contribution in [0.25, 0.3) is 0 Å². The predicted octanol–water partition coefficient (Wildman–Crippen LogP) is 2.10. The van der Waals surface area contributed by atoms with Gasteiger partial charge in [-0.15, -0.1) is 0 Å². The number of benzene rings is 1. The lowest BCUT2D eigenvalue weighted by atomic mass is 10.2. The number of phenols is 1. The summed E-state index contributed by atoms with van der Waals surface area (Å²) in [4.78, 5) is 0. The van der Waals surface area contributed by atoms with Crippen molar-refractivity contribution in [2.75, 3.05) is 7.11 Å². The molecule has 0 unspecified atom stereocenters. The van der Waals surface area contributed by atoms with Crippen molar-refractivity contribution in [2.24, 2.45) is 5.10 Å². The highest BCUT2D eigenvalue weighted by Gasteiger charge is 2.03. The minimum absolute atomic E-state index is 0.0676. The third kappa shape index (κ3) is 2.82. The summed E-state index contributed by atoms with van der Waals surface area (Å²) in [5.74, 6) is 1.24. The average molecular weight is 278 g/mol. The third-order valence-corrected chi connectivity index (χ3v) is 2.82. The lowest BCUT2D eigenvalue weighted by Crippen LogP contribution is -1.97. The Morgan fingerprint density at radius 3 is 3.00 bits per heavy atom. The van der Waals surface area contributed by atoms with Gasteiger partial charge in [0.1, 0.15) is 0 Å². The van der Waals surface area contributed by atoms with Crippen LogP contribution in [0, 0.1) is 4.77 Å². The van der Waals surface area contributed by atoms with Gasteiger partial charge in [0.15, 0.2) is 17.3 Å². The summed E-state index contributed by atoms with van der Waals surface area (Å²) in [6, 6.07) is 5.03. The number of H-pyrrole nitrogens is 1. The average Bonchev–Trinajstić information content (AvgIpc) is 2.77. The van der Waals surface area contributed by atoms with E-state index in [1.807, 2.05) is 6.92 Å². The molecule has 6 nitrogen and oxygen atoms in total. The molecule has 0 aliphatic rings. The molecule has 0 amide bonds. The highest BCUT2D eigenvalue weighted by Crippen LogP contribution is 2.25. The molecule has 0 bridgehead atoms. The third-order valence-electron chi connectivity index (χ3n) is 2.56. The predicted molar refractivity (Wildman–Crippen MR) is 74.4 cm³/mol. The zero-order valence-corrected chi connectivity index (χ0v) is 11.4. The SMILES string of the molecule is CCc1n[nH]c(=S)n1/N=C\c1ccc(OC)c(O)c1. The molecule has 19 heavy (non-hydrogen) atoms. The van der Waals surface area contributed by atoms with Gasteiger partial charge in [-0.25, -0.2) is 0 Å². The highest BCUT2D eigenvalue weighted by molar-refractivity contribution is 7.71. The van der Waals surface area contributed by atoms with Gasteiger partial charge in [-0.1, -0.05) is 6.92 Å². The normalized spacial score (nSPS) is 11.1. The van der Waals surface area contributed by atoms with E-state index in [9.17, 15) is 5.11 Å². The van der Waals surface area contributed by atoms with Crippen LogP contribution in [0.1, 0.15) is 18.3 Å². The minimum atomic E-state index is 0.0676. The highest BCUT2D eigenvalue weighted by atomic mass is 32.1. The van der Waals surface area contributed by atoms with Crippen molar-refractivity contribution in [2.45, 2.75) is 13.3 Å². The Bertz CT molecular complexity index is 660. The van der Waals surface area contributed by atoms with Crippen LogP contribution >= 0.6 is 12.2 Å². The van der Waals surface area contributed by atoms with E-state index in [0.29, 0.717) is 10.5 Å². The molecule has 0 spiro atoms. The molecule has 0 saturated heterocycles. The van der Waals surface area contributed by atoms with Crippen molar-refractivity contribution in [3.63, 3.8) is 0 Å². The molecule has 7 heteroatoms. The van der Waals surface area contributed by atoms with Crippen molar-refractivity contribution in [3.8, 4) is 11.5 Å². The van der Waals surface area contributed by atoms with E-state index in [2.05, 4.69) is 15.3 Å². The number of phenolic OH excluding ortho intramolecular Hbond substituents is 1. The van der Waals surface area contributed by atoms with Gasteiger partial charge in [0.2, 0.25) is 4.77 Å². The second-order valence-corrected chi connectivity index (χ2v) is 4.17. The summed E-state index contributed by atoms with van der Waals surface area (Å²) in [7, 11) is 1.50. The number of ether oxygens (including phenoxy) is 1. The Balaban J connectivity index is 2.30. The molecule has 1 aromatic heterocycles. The van der Waals surface area contributed by atoms with Crippen LogP contribution in [0.5, 0.6) is 11.5 Å². The summed E-state index contributed by atoms with van der Waals surface area (Å²) >= 11 is 5.08. The van der Waals surface area contributed by atoms with Crippen LogP contribution < -0.4 is 4.74 Å². The maximum Gasteiger partial charge on any atom is 0.216 e. The summed E-state index contributed by atoms with van der Waals surface area (Å²) in [5, 5.41) is 20.7. The van der Waals surface area contributed by atoms with Crippen LogP contribution in [0.3, 0.4) is 0 Å². The van der Waals surface area contributed by atoms with Crippen LogP contribution in [-0.2, 0) is 6.42 Å². The van der Waals surface area contributed by atoms with Crippen molar-refractivity contribution in [1.82, 2.24) is 14.9 Å². The number of aromatic amines is 1. The minimum Gasteiger partial charge on any atom is -0.504 e. The molecule has 2 aromatic rings. The molecule has 100 valence electrons. The standard InChI is InChI=1S/C12H14N4O2S/c1-3-11-14-15-12(19)16(11)13-7-8-4-5-10(18-2)9(17)6-8/h4-7,17H,3H2,1-2H3,(H,15,19)/b13-7-. The topological polar surface area (TPSA) is 75.4 Å². The molecular weight excluding hydrogens is 264 g/mol. The largest absolute Gasteiger partial charge is 0.504 e. The Kier molecular flexibility index (Phi) is 3.96. The molecule has 1 aromatic carbocycles. The van der Waals surface area contributed by atoms with Crippen LogP contribution in [0.4, 0.5) is 0 Å². The number of hydrogen-bond acceptors (Lipinski definition) is 5. The van der Waals surface area contributed by atoms with Crippen LogP contribution in [-0.4, -0.2) is 33.3 Å².